The number of aromatic nitrogens is 3. The van der Waals surface area contributed by atoms with Gasteiger partial charge in [-0.25, -0.2) is 4.68 Å². The molecule has 3 rings (SSSR count). The number of carbonyl (C=O) groups excluding carboxylic acids is 1. The fraction of sp³-hybridized carbons (Fsp3) is 0.348. The Balaban J connectivity index is 1.51. The number of thioether (sulfide) groups is 1. The maximum atomic E-state index is 12.4. The molecule has 3 aromatic rings. The van der Waals surface area contributed by atoms with Crippen molar-refractivity contribution >= 4 is 29.3 Å². The molecule has 0 bridgehead atoms. The minimum absolute atomic E-state index is 0.0813. The van der Waals surface area contributed by atoms with Gasteiger partial charge in [0.05, 0.1) is 11.8 Å². The van der Waals surface area contributed by atoms with Crippen LogP contribution in [0.15, 0.2) is 53.7 Å². The van der Waals surface area contributed by atoms with Crippen molar-refractivity contribution in [2.24, 2.45) is 0 Å². The molecule has 0 aliphatic heterocycles. The molecule has 1 heterocycles. The summed E-state index contributed by atoms with van der Waals surface area (Å²) in [6, 6.07) is 15.3. The molecule has 1 aromatic heterocycles. The lowest BCUT2D eigenvalue weighted by Gasteiger charge is -2.17. The van der Waals surface area contributed by atoms with Crippen molar-refractivity contribution in [2.45, 2.75) is 50.9 Å². The summed E-state index contributed by atoms with van der Waals surface area (Å²) in [5.74, 6) is 7.85. The van der Waals surface area contributed by atoms with E-state index in [4.69, 9.17) is 22.2 Å². The van der Waals surface area contributed by atoms with Gasteiger partial charge in [-0.3, -0.25) is 4.79 Å². The van der Waals surface area contributed by atoms with Crippen molar-refractivity contribution in [3.05, 3.63) is 70.5 Å². The summed E-state index contributed by atoms with van der Waals surface area (Å²) in [6.07, 6.45) is 0.769. The van der Waals surface area contributed by atoms with E-state index in [-0.39, 0.29) is 24.3 Å². The number of benzene rings is 2. The second kappa shape index (κ2) is 11.2. The van der Waals surface area contributed by atoms with Gasteiger partial charge in [0, 0.05) is 5.02 Å². The van der Waals surface area contributed by atoms with E-state index < -0.39 is 0 Å². The number of nitrogen functional groups attached to an aromatic ring is 1. The van der Waals surface area contributed by atoms with Crippen LogP contribution in [0.3, 0.4) is 0 Å². The lowest BCUT2D eigenvalue weighted by molar-refractivity contribution is -0.119. The van der Waals surface area contributed by atoms with Crippen LogP contribution < -0.4 is 15.9 Å². The molecule has 7 nitrogen and oxygen atoms in total. The van der Waals surface area contributed by atoms with E-state index in [1.165, 1.54) is 22.0 Å². The molecule has 0 aliphatic rings. The van der Waals surface area contributed by atoms with Gasteiger partial charge in [-0.2, -0.15) is 0 Å². The number of ether oxygens (including phenoxy) is 1. The molecular formula is C23H28ClN5O2S. The summed E-state index contributed by atoms with van der Waals surface area (Å²) in [6.45, 7) is 6.50. The third kappa shape index (κ3) is 6.40. The molecule has 0 fully saturated rings. The van der Waals surface area contributed by atoms with Crippen molar-refractivity contribution in [3.8, 4) is 5.75 Å². The minimum atomic E-state index is -0.108. The number of nitrogens with two attached hydrogens (primary N) is 1. The molecule has 0 spiro atoms. The normalized spacial score (nSPS) is 12.0. The van der Waals surface area contributed by atoms with Crippen LogP contribution in [0.4, 0.5) is 0 Å². The summed E-state index contributed by atoms with van der Waals surface area (Å²) >= 11 is 7.18. The van der Waals surface area contributed by atoms with E-state index in [9.17, 15) is 4.79 Å². The highest BCUT2D eigenvalue weighted by molar-refractivity contribution is 7.99. The summed E-state index contributed by atoms with van der Waals surface area (Å²) in [7, 11) is 0. The van der Waals surface area contributed by atoms with Crippen LogP contribution >= 0.6 is 23.4 Å². The molecular weight excluding hydrogens is 446 g/mol. The highest BCUT2D eigenvalue weighted by Gasteiger charge is 2.16. The van der Waals surface area contributed by atoms with Gasteiger partial charge in [-0.15, -0.1) is 10.2 Å². The van der Waals surface area contributed by atoms with Gasteiger partial charge in [-0.05, 0) is 47.7 Å². The van der Waals surface area contributed by atoms with Crippen LogP contribution in [0, 0.1) is 0 Å². The Hall–Kier alpha value is -2.71. The largest absolute Gasteiger partial charge is 0.486 e. The Morgan fingerprint density at radius 2 is 1.78 bits per heavy atom. The van der Waals surface area contributed by atoms with Crippen molar-refractivity contribution in [2.75, 3.05) is 11.6 Å². The number of hydrogen-bond donors (Lipinski definition) is 2. The quantitative estimate of drug-likeness (QED) is 0.327. The first kappa shape index (κ1) is 23.9. The third-order valence-corrected chi connectivity index (χ3v) is 6.19. The van der Waals surface area contributed by atoms with E-state index >= 15 is 0 Å². The molecule has 1 unspecified atom stereocenters. The van der Waals surface area contributed by atoms with Crippen molar-refractivity contribution in [1.29, 1.82) is 0 Å². The standard InChI is InChI=1S/C23H28ClN5O2S/c1-4-20(17-5-9-18(24)10-6-17)26-22(30)14-32-23-28-27-21(29(23)25)13-31-19-11-7-16(8-12-19)15(2)3/h5-12,15,20H,4,13-14,25H2,1-3H3,(H,26,30). The molecule has 0 aliphatic carbocycles. The van der Waals surface area contributed by atoms with Crippen molar-refractivity contribution in [1.82, 2.24) is 20.2 Å². The number of nitrogens with one attached hydrogen (secondary N) is 1. The monoisotopic (exact) mass is 473 g/mol. The van der Waals surface area contributed by atoms with Gasteiger partial charge < -0.3 is 15.9 Å². The van der Waals surface area contributed by atoms with Gasteiger partial charge in [0.15, 0.2) is 5.82 Å². The Morgan fingerprint density at radius 3 is 2.41 bits per heavy atom. The molecule has 9 heteroatoms. The molecule has 1 atom stereocenters. The van der Waals surface area contributed by atoms with Crippen LogP contribution in [-0.2, 0) is 11.4 Å². The zero-order valence-corrected chi connectivity index (χ0v) is 20.0. The summed E-state index contributed by atoms with van der Waals surface area (Å²) in [5.41, 5.74) is 2.26. The molecule has 0 saturated carbocycles. The lowest BCUT2D eigenvalue weighted by atomic mass is 10.0. The summed E-state index contributed by atoms with van der Waals surface area (Å²) in [5, 5.41) is 12.3. The van der Waals surface area contributed by atoms with E-state index in [1.54, 1.807) is 0 Å². The molecule has 1 amide bonds. The zero-order chi connectivity index (χ0) is 23.1. The molecule has 0 saturated heterocycles. The zero-order valence-electron chi connectivity index (χ0n) is 18.4. The van der Waals surface area contributed by atoms with Crippen LogP contribution in [0.2, 0.25) is 5.02 Å². The van der Waals surface area contributed by atoms with E-state index in [1.807, 2.05) is 55.5 Å². The second-order valence-electron chi connectivity index (χ2n) is 7.65. The summed E-state index contributed by atoms with van der Waals surface area (Å²) < 4.78 is 7.13. The number of nitrogens with zero attached hydrogens (tertiary/aromatic N) is 3. The predicted octanol–water partition coefficient (Wildman–Crippen LogP) is 4.71. The Bertz CT molecular complexity index is 1020. The smallest absolute Gasteiger partial charge is 0.230 e. The summed E-state index contributed by atoms with van der Waals surface area (Å²) in [4.78, 5) is 12.4. The highest BCUT2D eigenvalue weighted by Crippen LogP contribution is 2.22. The first-order chi connectivity index (χ1) is 15.4. The maximum absolute atomic E-state index is 12.4. The van der Waals surface area contributed by atoms with Crippen LogP contribution in [0.1, 0.15) is 56.1 Å². The third-order valence-electron chi connectivity index (χ3n) is 5.00. The minimum Gasteiger partial charge on any atom is -0.486 e. The van der Waals surface area contributed by atoms with E-state index in [2.05, 4.69) is 29.4 Å². The average molecular weight is 474 g/mol. The van der Waals surface area contributed by atoms with Crippen LogP contribution in [-0.4, -0.2) is 26.5 Å². The van der Waals surface area contributed by atoms with Gasteiger partial charge in [0.25, 0.3) is 0 Å². The average Bonchev–Trinajstić information content (AvgIpc) is 3.15. The molecule has 3 N–H and O–H groups in total. The SMILES string of the molecule is CCC(NC(=O)CSc1nnc(COc2ccc(C(C)C)cc2)n1N)c1ccc(Cl)cc1. The maximum Gasteiger partial charge on any atom is 0.230 e. The van der Waals surface area contributed by atoms with Crippen molar-refractivity contribution < 1.29 is 9.53 Å². The number of amides is 1. The Labute approximate surface area is 197 Å². The number of carbonyl (C=O) groups is 1. The second-order valence-corrected chi connectivity index (χ2v) is 9.03. The highest BCUT2D eigenvalue weighted by atomic mass is 35.5. The molecule has 2 aromatic carbocycles. The van der Waals surface area contributed by atoms with Crippen LogP contribution in [0.5, 0.6) is 5.75 Å². The number of halogens is 1. The first-order valence-electron chi connectivity index (χ1n) is 10.5. The fourth-order valence-electron chi connectivity index (χ4n) is 3.08. The topological polar surface area (TPSA) is 95.1 Å². The number of rotatable bonds is 10. The Kier molecular flexibility index (Phi) is 8.41. The molecule has 32 heavy (non-hydrogen) atoms. The lowest BCUT2D eigenvalue weighted by Crippen LogP contribution is -2.29. The van der Waals surface area contributed by atoms with Crippen molar-refractivity contribution in [3.63, 3.8) is 0 Å². The predicted molar refractivity (Wildman–Crippen MR) is 128 cm³/mol. The van der Waals surface area contributed by atoms with Gasteiger partial charge in [-0.1, -0.05) is 68.4 Å². The first-order valence-corrected chi connectivity index (χ1v) is 11.8. The van der Waals surface area contributed by atoms with Crippen LogP contribution in [0.25, 0.3) is 0 Å². The fourth-order valence-corrected chi connectivity index (χ4v) is 3.90. The van der Waals surface area contributed by atoms with E-state index in [0.29, 0.717) is 21.9 Å². The van der Waals surface area contributed by atoms with Gasteiger partial charge in [0.2, 0.25) is 11.1 Å². The van der Waals surface area contributed by atoms with E-state index in [0.717, 1.165) is 17.7 Å². The van der Waals surface area contributed by atoms with Gasteiger partial charge in [0.1, 0.15) is 12.4 Å². The number of hydrogen-bond acceptors (Lipinski definition) is 6. The Morgan fingerprint density at radius 1 is 1.12 bits per heavy atom. The molecule has 170 valence electrons. The van der Waals surface area contributed by atoms with Gasteiger partial charge >= 0.3 is 0 Å². The molecule has 0 radical (unpaired) electrons.